The quantitative estimate of drug-likeness (QED) is 0.518. The first-order valence-corrected chi connectivity index (χ1v) is 10.4. The highest BCUT2D eigenvalue weighted by atomic mass is 16.2. The molecule has 0 radical (unpaired) electrons. The normalized spacial score (nSPS) is 11.9. The fraction of sp³-hybridized carbons (Fsp3) is 0.375. The Morgan fingerprint density at radius 3 is 2.10 bits per heavy atom. The van der Waals surface area contributed by atoms with Crippen LogP contribution in [0.4, 0.5) is 11.4 Å². The summed E-state index contributed by atoms with van der Waals surface area (Å²) in [6.45, 7) is 9.72. The summed E-state index contributed by atoms with van der Waals surface area (Å²) in [4.78, 5) is 36.9. The summed E-state index contributed by atoms with van der Waals surface area (Å²) in [6.07, 6.45) is 0.840. The van der Waals surface area contributed by atoms with Gasteiger partial charge in [0.25, 0.3) is 11.8 Å². The summed E-state index contributed by atoms with van der Waals surface area (Å²) in [5.41, 5.74) is 1.88. The van der Waals surface area contributed by atoms with Gasteiger partial charge in [-0.15, -0.1) is 0 Å². The minimum atomic E-state index is -0.333. The fourth-order valence-electron chi connectivity index (χ4n) is 2.72. The van der Waals surface area contributed by atoms with Gasteiger partial charge < -0.3 is 21.3 Å². The molecule has 2 aromatic rings. The summed E-state index contributed by atoms with van der Waals surface area (Å²) in [7, 11) is 0. The minimum absolute atomic E-state index is 0.0215. The van der Waals surface area contributed by atoms with Gasteiger partial charge in [0.2, 0.25) is 5.91 Å². The lowest BCUT2D eigenvalue weighted by Gasteiger charge is -2.20. The highest BCUT2D eigenvalue weighted by Gasteiger charge is 2.15. The van der Waals surface area contributed by atoms with Gasteiger partial charge in [0.1, 0.15) is 0 Å². The second-order valence-electron chi connectivity index (χ2n) is 8.55. The first-order valence-electron chi connectivity index (χ1n) is 10.4. The van der Waals surface area contributed by atoms with Gasteiger partial charge in [-0.2, -0.15) is 0 Å². The van der Waals surface area contributed by atoms with Crippen molar-refractivity contribution in [1.82, 2.24) is 10.6 Å². The molecule has 0 aliphatic heterocycles. The van der Waals surface area contributed by atoms with Crippen molar-refractivity contribution in [2.45, 2.75) is 52.6 Å². The summed E-state index contributed by atoms with van der Waals surface area (Å²) in [5.74, 6) is -0.606. The molecule has 0 aliphatic rings. The van der Waals surface area contributed by atoms with Gasteiger partial charge in [0.05, 0.1) is 6.54 Å². The zero-order valence-electron chi connectivity index (χ0n) is 18.8. The third kappa shape index (κ3) is 8.12. The Labute approximate surface area is 184 Å². The van der Waals surface area contributed by atoms with Gasteiger partial charge in [-0.05, 0) is 70.5 Å². The molecule has 0 saturated carbocycles. The molecule has 0 saturated heterocycles. The summed E-state index contributed by atoms with van der Waals surface area (Å²) >= 11 is 0. The average Bonchev–Trinajstić information content (AvgIpc) is 2.71. The predicted octanol–water partition coefficient (Wildman–Crippen LogP) is 3.79. The highest BCUT2D eigenvalue weighted by Crippen LogP contribution is 2.13. The maximum Gasteiger partial charge on any atom is 0.251 e. The fourth-order valence-corrected chi connectivity index (χ4v) is 2.72. The van der Waals surface area contributed by atoms with Crippen LogP contribution in [0.25, 0.3) is 0 Å². The molecule has 0 spiro atoms. The van der Waals surface area contributed by atoms with Crippen molar-refractivity contribution in [2.24, 2.45) is 0 Å². The molecular weight excluding hydrogens is 392 g/mol. The molecular formula is C24H32N4O3. The Morgan fingerprint density at radius 2 is 1.48 bits per heavy atom. The van der Waals surface area contributed by atoms with Crippen LogP contribution >= 0.6 is 0 Å². The van der Waals surface area contributed by atoms with Crippen LogP contribution in [0.15, 0.2) is 48.5 Å². The van der Waals surface area contributed by atoms with E-state index < -0.39 is 0 Å². The molecule has 0 aromatic heterocycles. The Morgan fingerprint density at radius 1 is 0.903 bits per heavy atom. The van der Waals surface area contributed by atoms with Crippen LogP contribution in [0.1, 0.15) is 61.8 Å². The lowest BCUT2D eigenvalue weighted by molar-refractivity contribution is -0.114. The summed E-state index contributed by atoms with van der Waals surface area (Å²) in [6, 6.07) is 13.9. The van der Waals surface area contributed by atoms with Gasteiger partial charge in [0, 0.05) is 34.1 Å². The summed E-state index contributed by atoms with van der Waals surface area (Å²) < 4.78 is 0. The van der Waals surface area contributed by atoms with E-state index in [2.05, 4.69) is 21.3 Å². The van der Waals surface area contributed by atoms with E-state index in [1.165, 1.54) is 0 Å². The third-order valence-corrected chi connectivity index (χ3v) is 4.46. The van der Waals surface area contributed by atoms with Crippen molar-refractivity contribution in [2.75, 3.05) is 17.2 Å². The highest BCUT2D eigenvalue weighted by molar-refractivity contribution is 5.98. The number of benzene rings is 2. The Balaban J connectivity index is 1.94. The molecule has 7 nitrogen and oxygen atoms in total. The molecule has 0 aliphatic carbocycles. The predicted molar refractivity (Wildman–Crippen MR) is 124 cm³/mol. The molecule has 2 rings (SSSR count). The first kappa shape index (κ1) is 23.9. The SMILES string of the molecule is CCC(C)NC(=O)c1cccc(NC(=O)CNc2cccc(C(=O)NC(C)(C)C)c2)c1. The second-order valence-corrected chi connectivity index (χ2v) is 8.55. The maximum absolute atomic E-state index is 12.3. The molecule has 1 unspecified atom stereocenters. The van der Waals surface area contributed by atoms with Crippen LogP contribution in [0, 0.1) is 0 Å². The monoisotopic (exact) mass is 424 g/mol. The largest absolute Gasteiger partial charge is 0.376 e. The van der Waals surface area contributed by atoms with Crippen molar-refractivity contribution in [3.63, 3.8) is 0 Å². The number of carbonyl (C=O) groups is 3. The number of anilines is 2. The molecule has 0 bridgehead atoms. The van der Waals surface area contributed by atoms with Gasteiger partial charge in [0.15, 0.2) is 0 Å². The van der Waals surface area contributed by atoms with Crippen LogP contribution in [-0.4, -0.2) is 35.8 Å². The number of amides is 3. The Hall–Kier alpha value is -3.35. The van der Waals surface area contributed by atoms with Crippen molar-refractivity contribution in [3.8, 4) is 0 Å². The van der Waals surface area contributed by atoms with Crippen molar-refractivity contribution in [1.29, 1.82) is 0 Å². The molecule has 4 N–H and O–H groups in total. The lowest BCUT2D eigenvalue weighted by Crippen LogP contribution is -2.40. The van der Waals surface area contributed by atoms with Crippen molar-refractivity contribution < 1.29 is 14.4 Å². The van der Waals surface area contributed by atoms with Crippen LogP contribution in [-0.2, 0) is 4.79 Å². The van der Waals surface area contributed by atoms with E-state index in [1.807, 2.05) is 34.6 Å². The molecule has 31 heavy (non-hydrogen) atoms. The lowest BCUT2D eigenvalue weighted by atomic mass is 10.1. The average molecular weight is 425 g/mol. The van der Waals surface area contributed by atoms with Crippen molar-refractivity contribution >= 4 is 29.1 Å². The summed E-state index contributed by atoms with van der Waals surface area (Å²) in [5, 5.41) is 11.6. The second kappa shape index (κ2) is 10.6. The first-order chi connectivity index (χ1) is 14.6. The van der Waals surface area contributed by atoms with Crippen LogP contribution in [0.3, 0.4) is 0 Å². The van der Waals surface area contributed by atoms with E-state index in [0.29, 0.717) is 22.5 Å². The van der Waals surface area contributed by atoms with E-state index in [1.54, 1.807) is 48.5 Å². The van der Waals surface area contributed by atoms with Gasteiger partial charge in [-0.25, -0.2) is 0 Å². The third-order valence-electron chi connectivity index (χ3n) is 4.46. The number of rotatable bonds is 8. The van der Waals surface area contributed by atoms with Gasteiger partial charge in [-0.1, -0.05) is 19.1 Å². The van der Waals surface area contributed by atoms with E-state index in [0.717, 1.165) is 6.42 Å². The standard InChI is InChI=1S/C24H32N4O3/c1-6-16(2)26-22(30)17-9-8-12-20(14-17)27-21(29)15-25-19-11-7-10-18(13-19)23(31)28-24(3,4)5/h7-14,16,25H,6,15H2,1-5H3,(H,26,30)(H,27,29)(H,28,31). The Kier molecular flexibility index (Phi) is 8.19. The van der Waals surface area contributed by atoms with E-state index in [4.69, 9.17) is 0 Å². The molecule has 0 fully saturated rings. The van der Waals surface area contributed by atoms with E-state index in [9.17, 15) is 14.4 Å². The van der Waals surface area contributed by atoms with Crippen LogP contribution in [0.2, 0.25) is 0 Å². The number of nitrogens with one attached hydrogen (secondary N) is 4. The number of hydrogen-bond donors (Lipinski definition) is 4. The molecule has 0 heterocycles. The molecule has 2 aromatic carbocycles. The van der Waals surface area contributed by atoms with E-state index >= 15 is 0 Å². The molecule has 166 valence electrons. The smallest absolute Gasteiger partial charge is 0.251 e. The topological polar surface area (TPSA) is 99.3 Å². The number of carbonyl (C=O) groups excluding carboxylic acids is 3. The molecule has 7 heteroatoms. The molecule has 3 amide bonds. The van der Waals surface area contributed by atoms with Crippen LogP contribution in [0.5, 0.6) is 0 Å². The maximum atomic E-state index is 12.3. The number of hydrogen-bond acceptors (Lipinski definition) is 4. The Bertz CT molecular complexity index is 934. The van der Waals surface area contributed by atoms with Gasteiger partial charge in [-0.3, -0.25) is 14.4 Å². The minimum Gasteiger partial charge on any atom is -0.376 e. The van der Waals surface area contributed by atoms with Crippen LogP contribution < -0.4 is 21.3 Å². The zero-order valence-corrected chi connectivity index (χ0v) is 18.8. The zero-order chi connectivity index (χ0) is 23.0. The van der Waals surface area contributed by atoms with Crippen molar-refractivity contribution in [3.05, 3.63) is 59.7 Å². The molecule has 1 atom stereocenters. The van der Waals surface area contributed by atoms with E-state index in [-0.39, 0.29) is 35.8 Å². The van der Waals surface area contributed by atoms with Gasteiger partial charge >= 0.3 is 0 Å².